The summed E-state index contributed by atoms with van der Waals surface area (Å²) in [7, 11) is 1.74. The van der Waals surface area contributed by atoms with Gasteiger partial charge in [-0.25, -0.2) is 0 Å². The molecule has 3 rings (SSSR count). The summed E-state index contributed by atoms with van der Waals surface area (Å²) in [6, 6.07) is 14.7. The Bertz CT molecular complexity index is 751. The molecule has 2 amide bonds. The largest absolute Gasteiger partial charge is 0.322 e. The minimum Gasteiger partial charge on any atom is -0.322 e. The number of anilines is 2. The topological polar surface area (TPSA) is 49.4 Å². The molecule has 4 nitrogen and oxygen atoms in total. The summed E-state index contributed by atoms with van der Waals surface area (Å²) in [6.07, 6.45) is 0. The zero-order valence-corrected chi connectivity index (χ0v) is 12.9. The first-order valence-corrected chi connectivity index (χ1v) is 7.20. The fourth-order valence-corrected chi connectivity index (χ4v) is 2.85. The van der Waals surface area contributed by atoms with Gasteiger partial charge in [0.15, 0.2) is 0 Å². The molecule has 2 aromatic rings. The Balaban J connectivity index is 1.92. The predicted octanol–water partition coefficient (Wildman–Crippen LogP) is 3.19. The van der Waals surface area contributed by atoms with E-state index in [9.17, 15) is 9.59 Å². The van der Waals surface area contributed by atoms with Crippen molar-refractivity contribution in [3.8, 4) is 0 Å². The first-order chi connectivity index (χ1) is 10.4. The highest BCUT2D eigenvalue weighted by atomic mass is 16.2. The summed E-state index contributed by atoms with van der Waals surface area (Å²) in [6.45, 7) is 3.81. The van der Waals surface area contributed by atoms with E-state index in [1.807, 2.05) is 50.2 Å². The average molecular weight is 294 g/mol. The Hall–Kier alpha value is -2.62. The van der Waals surface area contributed by atoms with E-state index in [1.165, 1.54) is 0 Å². The molecule has 0 unspecified atom stereocenters. The molecule has 22 heavy (non-hydrogen) atoms. The van der Waals surface area contributed by atoms with Crippen molar-refractivity contribution in [3.63, 3.8) is 0 Å². The van der Waals surface area contributed by atoms with Gasteiger partial charge in [0.05, 0.1) is 5.41 Å². The van der Waals surface area contributed by atoms with Crippen LogP contribution in [0.15, 0.2) is 48.5 Å². The Labute approximate surface area is 129 Å². The Morgan fingerprint density at radius 3 is 2.45 bits per heavy atom. The summed E-state index contributed by atoms with van der Waals surface area (Å²) in [5.74, 6) is -0.136. The molecule has 0 bridgehead atoms. The van der Waals surface area contributed by atoms with E-state index in [0.717, 1.165) is 16.9 Å². The zero-order chi connectivity index (χ0) is 15.9. The summed E-state index contributed by atoms with van der Waals surface area (Å²) < 4.78 is 0. The number of hydrogen-bond donors (Lipinski definition) is 1. The molecule has 1 N–H and O–H groups in total. The maximum absolute atomic E-state index is 12.3. The lowest BCUT2D eigenvalue weighted by Crippen LogP contribution is -2.33. The van der Waals surface area contributed by atoms with Crippen LogP contribution in [0, 0.1) is 0 Å². The van der Waals surface area contributed by atoms with Crippen LogP contribution in [-0.4, -0.2) is 18.9 Å². The molecule has 0 spiro atoms. The SMILES string of the molecule is CN1C(=O)C(C)(C)c2ccc(C(=O)Nc3ccccc3)cc21. The Morgan fingerprint density at radius 2 is 1.77 bits per heavy atom. The van der Waals surface area contributed by atoms with Gasteiger partial charge in [-0.15, -0.1) is 0 Å². The second kappa shape index (κ2) is 4.98. The van der Waals surface area contributed by atoms with Crippen molar-refractivity contribution in [3.05, 3.63) is 59.7 Å². The fraction of sp³-hybridized carbons (Fsp3) is 0.222. The second-order valence-corrected chi connectivity index (χ2v) is 6.04. The van der Waals surface area contributed by atoms with Gasteiger partial charge in [-0.1, -0.05) is 24.3 Å². The van der Waals surface area contributed by atoms with E-state index in [2.05, 4.69) is 5.32 Å². The van der Waals surface area contributed by atoms with E-state index in [1.54, 1.807) is 24.1 Å². The fourth-order valence-electron chi connectivity index (χ4n) is 2.85. The number of amides is 2. The molecule has 112 valence electrons. The van der Waals surface area contributed by atoms with Crippen molar-refractivity contribution >= 4 is 23.2 Å². The van der Waals surface area contributed by atoms with Gasteiger partial charge in [-0.05, 0) is 43.7 Å². The maximum atomic E-state index is 12.3. The van der Waals surface area contributed by atoms with Crippen LogP contribution in [0.5, 0.6) is 0 Å². The van der Waals surface area contributed by atoms with E-state index >= 15 is 0 Å². The van der Waals surface area contributed by atoms with Crippen molar-refractivity contribution in [2.75, 3.05) is 17.3 Å². The number of nitrogens with zero attached hydrogens (tertiary/aromatic N) is 1. The van der Waals surface area contributed by atoms with Crippen LogP contribution in [0.4, 0.5) is 11.4 Å². The van der Waals surface area contributed by atoms with Crippen molar-refractivity contribution in [1.29, 1.82) is 0 Å². The van der Waals surface area contributed by atoms with Crippen LogP contribution in [0.25, 0.3) is 0 Å². The molecule has 1 aliphatic rings. The molecule has 0 radical (unpaired) electrons. The van der Waals surface area contributed by atoms with Gasteiger partial charge in [0.25, 0.3) is 5.91 Å². The number of carbonyl (C=O) groups is 2. The minimum absolute atomic E-state index is 0.0446. The smallest absolute Gasteiger partial charge is 0.255 e. The summed E-state index contributed by atoms with van der Waals surface area (Å²) in [5.41, 5.74) is 2.50. The van der Waals surface area contributed by atoms with Gasteiger partial charge >= 0.3 is 0 Å². The highest BCUT2D eigenvalue weighted by Crippen LogP contribution is 2.41. The van der Waals surface area contributed by atoms with Gasteiger partial charge in [-0.3, -0.25) is 9.59 Å². The van der Waals surface area contributed by atoms with Gasteiger partial charge in [-0.2, -0.15) is 0 Å². The molecule has 0 aliphatic carbocycles. The lowest BCUT2D eigenvalue weighted by molar-refractivity contribution is -0.121. The number of carbonyl (C=O) groups excluding carboxylic acids is 2. The van der Waals surface area contributed by atoms with Crippen LogP contribution in [0.3, 0.4) is 0 Å². The molecule has 1 heterocycles. The molecule has 2 aromatic carbocycles. The Morgan fingerprint density at radius 1 is 1.09 bits per heavy atom. The monoisotopic (exact) mass is 294 g/mol. The highest BCUT2D eigenvalue weighted by Gasteiger charge is 2.42. The summed E-state index contributed by atoms with van der Waals surface area (Å²) in [5, 5.41) is 2.85. The number of benzene rings is 2. The molecular weight excluding hydrogens is 276 g/mol. The third-order valence-electron chi connectivity index (χ3n) is 4.17. The zero-order valence-electron chi connectivity index (χ0n) is 12.9. The third kappa shape index (κ3) is 2.17. The van der Waals surface area contributed by atoms with Gasteiger partial charge in [0.1, 0.15) is 0 Å². The molecule has 0 saturated carbocycles. The predicted molar refractivity (Wildman–Crippen MR) is 87.3 cm³/mol. The first-order valence-electron chi connectivity index (χ1n) is 7.20. The van der Waals surface area contributed by atoms with E-state index in [4.69, 9.17) is 0 Å². The normalized spacial score (nSPS) is 15.6. The van der Waals surface area contributed by atoms with E-state index in [-0.39, 0.29) is 11.8 Å². The number of para-hydroxylation sites is 1. The summed E-state index contributed by atoms with van der Waals surface area (Å²) in [4.78, 5) is 26.2. The van der Waals surface area contributed by atoms with Gasteiger partial charge < -0.3 is 10.2 Å². The lowest BCUT2D eigenvalue weighted by Gasteiger charge is -2.16. The number of fused-ring (bicyclic) bond motifs is 1. The van der Waals surface area contributed by atoms with Gasteiger partial charge in [0, 0.05) is 24.0 Å². The standard InChI is InChI=1S/C18H18N2O2/c1-18(2)14-10-9-12(11-15(14)20(3)17(18)22)16(21)19-13-7-5-4-6-8-13/h4-11H,1-3H3,(H,19,21). The van der Waals surface area contributed by atoms with Gasteiger partial charge in [0.2, 0.25) is 5.91 Å². The molecule has 0 fully saturated rings. The van der Waals surface area contributed by atoms with Crippen LogP contribution in [-0.2, 0) is 10.2 Å². The van der Waals surface area contributed by atoms with Crippen molar-refractivity contribution < 1.29 is 9.59 Å². The maximum Gasteiger partial charge on any atom is 0.255 e. The first kappa shape index (κ1) is 14.3. The number of likely N-dealkylation sites (N-methyl/N-ethyl adjacent to an activating group) is 1. The van der Waals surface area contributed by atoms with Crippen LogP contribution < -0.4 is 10.2 Å². The second-order valence-electron chi connectivity index (χ2n) is 6.04. The van der Waals surface area contributed by atoms with Crippen molar-refractivity contribution in [2.45, 2.75) is 19.3 Å². The highest BCUT2D eigenvalue weighted by molar-refractivity contribution is 6.10. The van der Waals surface area contributed by atoms with Crippen molar-refractivity contribution in [2.24, 2.45) is 0 Å². The lowest BCUT2D eigenvalue weighted by atomic mass is 9.86. The molecule has 1 aliphatic heterocycles. The quantitative estimate of drug-likeness (QED) is 0.924. The van der Waals surface area contributed by atoms with E-state index < -0.39 is 5.41 Å². The molecular formula is C18H18N2O2. The summed E-state index contributed by atoms with van der Waals surface area (Å²) >= 11 is 0. The molecule has 0 saturated heterocycles. The van der Waals surface area contributed by atoms with Crippen LogP contribution in [0.2, 0.25) is 0 Å². The number of nitrogens with one attached hydrogen (secondary N) is 1. The van der Waals surface area contributed by atoms with Crippen molar-refractivity contribution in [1.82, 2.24) is 0 Å². The minimum atomic E-state index is -0.543. The van der Waals surface area contributed by atoms with Crippen LogP contribution >= 0.6 is 0 Å². The average Bonchev–Trinajstić information content (AvgIpc) is 2.69. The van der Waals surface area contributed by atoms with Crippen LogP contribution in [0.1, 0.15) is 29.8 Å². The third-order valence-corrected chi connectivity index (χ3v) is 4.17. The molecule has 4 heteroatoms. The molecule has 0 atom stereocenters. The number of rotatable bonds is 2. The molecule has 0 aromatic heterocycles. The number of hydrogen-bond acceptors (Lipinski definition) is 2. The van der Waals surface area contributed by atoms with E-state index in [0.29, 0.717) is 5.56 Å². The Kier molecular flexibility index (Phi) is 3.24.